The number of nitro benzene ring substituents is 1. The van der Waals surface area contributed by atoms with Crippen LogP contribution < -0.4 is 20.7 Å². The van der Waals surface area contributed by atoms with E-state index in [2.05, 4.69) is 16.0 Å². The smallest absolute Gasteiger partial charge is 0.272 e. The SMILES string of the molecule is COc1ccccc1/C=C(/NC(=O)c1ccccc1)C(=O)Nc1cccc(SCC(=O)Nc2cc([N+](=O)[O-])ccc2C)c1. The van der Waals surface area contributed by atoms with Crippen molar-refractivity contribution in [2.75, 3.05) is 23.5 Å². The molecule has 0 saturated carbocycles. The zero-order valence-electron chi connectivity index (χ0n) is 23.3. The van der Waals surface area contributed by atoms with E-state index in [-0.39, 0.29) is 23.0 Å². The maximum atomic E-state index is 13.4. The Morgan fingerprint density at radius 1 is 0.907 bits per heavy atom. The molecular formula is C32H28N4O6S. The van der Waals surface area contributed by atoms with Crippen molar-refractivity contribution in [1.29, 1.82) is 0 Å². The Balaban J connectivity index is 1.47. The van der Waals surface area contributed by atoms with E-state index >= 15 is 0 Å². The van der Waals surface area contributed by atoms with Gasteiger partial charge < -0.3 is 20.7 Å². The topological polar surface area (TPSA) is 140 Å². The molecule has 0 spiro atoms. The summed E-state index contributed by atoms with van der Waals surface area (Å²) in [6, 6.07) is 26.8. The van der Waals surface area contributed by atoms with Crippen LogP contribution in [0.5, 0.6) is 5.75 Å². The number of hydrogen-bond acceptors (Lipinski definition) is 7. The van der Waals surface area contributed by atoms with Gasteiger partial charge in [0.15, 0.2) is 0 Å². The summed E-state index contributed by atoms with van der Waals surface area (Å²) >= 11 is 1.23. The molecule has 43 heavy (non-hydrogen) atoms. The summed E-state index contributed by atoms with van der Waals surface area (Å²) in [5.74, 6) is -0.791. The zero-order chi connectivity index (χ0) is 30.8. The summed E-state index contributed by atoms with van der Waals surface area (Å²) in [7, 11) is 1.52. The van der Waals surface area contributed by atoms with Crippen molar-refractivity contribution < 1.29 is 24.0 Å². The normalized spacial score (nSPS) is 10.9. The summed E-state index contributed by atoms with van der Waals surface area (Å²) in [6.07, 6.45) is 1.54. The first-order valence-corrected chi connectivity index (χ1v) is 14.0. The number of benzene rings is 4. The number of ether oxygens (including phenoxy) is 1. The molecule has 0 bridgehead atoms. The lowest BCUT2D eigenvalue weighted by molar-refractivity contribution is -0.384. The van der Waals surface area contributed by atoms with Crippen molar-refractivity contribution in [2.45, 2.75) is 11.8 Å². The number of nitrogens with zero attached hydrogens (tertiary/aromatic N) is 1. The summed E-state index contributed by atoms with van der Waals surface area (Å²) in [5.41, 5.74) is 2.39. The number of carbonyl (C=O) groups excluding carboxylic acids is 3. The first-order chi connectivity index (χ1) is 20.7. The van der Waals surface area contributed by atoms with Crippen LogP contribution in [-0.2, 0) is 9.59 Å². The van der Waals surface area contributed by atoms with Crippen molar-refractivity contribution >= 4 is 52.6 Å². The van der Waals surface area contributed by atoms with E-state index in [0.29, 0.717) is 38.7 Å². The van der Waals surface area contributed by atoms with Crippen molar-refractivity contribution in [3.05, 3.63) is 130 Å². The number of methoxy groups -OCH3 is 1. The van der Waals surface area contributed by atoms with E-state index in [9.17, 15) is 24.5 Å². The number of hydrogen-bond donors (Lipinski definition) is 3. The minimum Gasteiger partial charge on any atom is -0.496 e. The third-order valence-electron chi connectivity index (χ3n) is 6.14. The second kappa shape index (κ2) is 14.5. The Morgan fingerprint density at radius 2 is 1.65 bits per heavy atom. The molecule has 0 aromatic heterocycles. The van der Waals surface area contributed by atoms with E-state index in [1.165, 1.54) is 37.1 Å². The molecule has 4 rings (SSSR count). The van der Waals surface area contributed by atoms with Gasteiger partial charge in [-0.25, -0.2) is 0 Å². The molecule has 0 aliphatic heterocycles. The molecule has 11 heteroatoms. The van der Waals surface area contributed by atoms with E-state index < -0.39 is 16.7 Å². The monoisotopic (exact) mass is 596 g/mol. The number of thioether (sulfide) groups is 1. The van der Waals surface area contributed by atoms with E-state index in [0.717, 1.165) is 0 Å². The molecule has 0 fully saturated rings. The maximum Gasteiger partial charge on any atom is 0.272 e. The summed E-state index contributed by atoms with van der Waals surface area (Å²) < 4.78 is 5.40. The average Bonchev–Trinajstić information content (AvgIpc) is 3.01. The Morgan fingerprint density at radius 3 is 2.40 bits per heavy atom. The number of anilines is 2. The van der Waals surface area contributed by atoms with Gasteiger partial charge in [0, 0.05) is 33.8 Å². The van der Waals surface area contributed by atoms with Gasteiger partial charge in [-0.3, -0.25) is 24.5 Å². The maximum absolute atomic E-state index is 13.4. The molecule has 3 amide bonds. The lowest BCUT2D eigenvalue weighted by Gasteiger charge is -2.13. The van der Waals surface area contributed by atoms with Crippen molar-refractivity contribution in [3.8, 4) is 5.75 Å². The van der Waals surface area contributed by atoms with Crippen LogP contribution in [0, 0.1) is 17.0 Å². The summed E-state index contributed by atoms with van der Waals surface area (Å²) in [6.45, 7) is 1.75. The first-order valence-electron chi connectivity index (χ1n) is 13.0. The largest absolute Gasteiger partial charge is 0.496 e. The third kappa shape index (κ3) is 8.54. The highest BCUT2D eigenvalue weighted by atomic mass is 32.2. The second-order valence-electron chi connectivity index (χ2n) is 9.20. The van der Waals surface area contributed by atoms with Crippen LogP contribution in [0.2, 0.25) is 0 Å². The number of aryl methyl sites for hydroxylation is 1. The lowest BCUT2D eigenvalue weighted by Crippen LogP contribution is -2.30. The van der Waals surface area contributed by atoms with E-state index in [1.54, 1.807) is 91.9 Å². The fourth-order valence-corrected chi connectivity index (χ4v) is 4.69. The fraction of sp³-hybridized carbons (Fsp3) is 0.0938. The van der Waals surface area contributed by atoms with Gasteiger partial charge in [-0.2, -0.15) is 0 Å². The molecule has 0 aliphatic rings. The highest BCUT2D eigenvalue weighted by molar-refractivity contribution is 8.00. The quantitative estimate of drug-likeness (QED) is 0.0829. The molecule has 218 valence electrons. The number of amides is 3. The van der Waals surface area contributed by atoms with Crippen LogP contribution in [0.15, 0.2) is 108 Å². The molecule has 0 radical (unpaired) electrons. The van der Waals surface area contributed by atoms with Gasteiger partial charge in [-0.05, 0) is 55.0 Å². The number of para-hydroxylation sites is 1. The van der Waals surface area contributed by atoms with Crippen LogP contribution >= 0.6 is 11.8 Å². The highest BCUT2D eigenvalue weighted by Crippen LogP contribution is 2.25. The Hall–Kier alpha value is -5.42. The van der Waals surface area contributed by atoms with Crippen LogP contribution in [0.3, 0.4) is 0 Å². The van der Waals surface area contributed by atoms with Crippen molar-refractivity contribution in [3.63, 3.8) is 0 Å². The van der Waals surface area contributed by atoms with Gasteiger partial charge in [0.25, 0.3) is 17.5 Å². The van der Waals surface area contributed by atoms with Crippen LogP contribution in [-0.4, -0.2) is 35.5 Å². The van der Waals surface area contributed by atoms with Gasteiger partial charge in [0.2, 0.25) is 5.91 Å². The van der Waals surface area contributed by atoms with Gasteiger partial charge in [0.05, 0.1) is 23.5 Å². The van der Waals surface area contributed by atoms with Crippen LogP contribution in [0.1, 0.15) is 21.5 Å². The number of carbonyl (C=O) groups is 3. The van der Waals surface area contributed by atoms with Crippen LogP contribution in [0.4, 0.5) is 17.1 Å². The minimum atomic E-state index is -0.559. The first kappa shape index (κ1) is 30.5. The lowest BCUT2D eigenvalue weighted by atomic mass is 10.1. The summed E-state index contributed by atoms with van der Waals surface area (Å²) in [5, 5.41) is 19.3. The molecular weight excluding hydrogens is 568 g/mol. The predicted octanol–water partition coefficient (Wildman–Crippen LogP) is 6.05. The predicted molar refractivity (Wildman–Crippen MR) is 167 cm³/mol. The van der Waals surface area contributed by atoms with Gasteiger partial charge >= 0.3 is 0 Å². The number of nitrogens with one attached hydrogen (secondary N) is 3. The Labute approximate surface area is 252 Å². The number of nitro groups is 1. The Kier molecular flexibility index (Phi) is 10.3. The molecule has 0 heterocycles. The number of non-ortho nitro benzene ring substituents is 1. The second-order valence-corrected chi connectivity index (χ2v) is 10.2. The molecule has 3 N–H and O–H groups in total. The fourth-order valence-electron chi connectivity index (χ4n) is 3.94. The van der Waals surface area contributed by atoms with E-state index in [1.807, 2.05) is 0 Å². The highest BCUT2D eigenvalue weighted by Gasteiger charge is 2.17. The van der Waals surface area contributed by atoms with Gasteiger partial charge in [-0.15, -0.1) is 11.8 Å². The van der Waals surface area contributed by atoms with Gasteiger partial charge in [-0.1, -0.05) is 48.5 Å². The molecule has 4 aromatic rings. The molecule has 0 aliphatic carbocycles. The molecule has 0 atom stereocenters. The number of rotatable bonds is 11. The Bertz CT molecular complexity index is 1690. The van der Waals surface area contributed by atoms with Crippen molar-refractivity contribution in [1.82, 2.24) is 5.32 Å². The molecule has 0 unspecified atom stereocenters. The molecule has 10 nitrogen and oxygen atoms in total. The van der Waals surface area contributed by atoms with E-state index in [4.69, 9.17) is 4.74 Å². The third-order valence-corrected chi connectivity index (χ3v) is 7.13. The average molecular weight is 597 g/mol. The standard InChI is InChI=1S/C32H28N4O6S/c1-21-15-16-25(36(40)41)19-27(21)34-30(37)20-43-26-13-8-12-24(18-26)33-32(39)28(17-23-11-6-7-14-29(23)42-2)35-31(38)22-9-4-3-5-10-22/h3-19H,20H2,1-2H3,(H,33,39)(H,34,37)(H,35,38)/b28-17+. The van der Waals surface area contributed by atoms with Crippen LogP contribution in [0.25, 0.3) is 6.08 Å². The zero-order valence-corrected chi connectivity index (χ0v) is 24.1. The molecule has 4 aromatic carbocycles. The van der Waals surface area contributed by atoms with Crippen molar-refractivity contribution in [2.24, 2.45) is 0 Å². The minimum absolute atomic E-state index is 0.00288. The molecule has 0 saturated heterocycles. The van der Waals surface area contributed by atoms with Gasteiger partial charge in [0.1, 0.15) is 11.4 Å². The summed E-state index contributed by atoms with van der Waals surface area (Å²) in [4.78, 5) is 50.2.